The molecule has 2 aromatic carbocycles. The van der Waals surface area contributed by atoms with Gasteiger partial charge in [-0.05, 0) is 35.1 Å². The lowest BCUT2D eigenvalue weighted by Gasteiger charge is -2.23. The Morgan fingerprint density at radius 3 is 1.72 bits per heavy atom. The Morgan fingerprint density at radius 2 is 1.19 bits per heavy atom. The van der Waals surface area contributed by atoms with E-state index in [1.807, 2.05) is 48.5 Å². The number of aliphatic carboxylic acids is 1. The van der Waals surface area contributed by atoms with Crippen LogP contribution in [0.25, 0.3) is 22.2 Å². The van der Waals surface area contributed by atoms with Gasteiger partial charge in [0.2, 0.25) is 23.4 Å². The molecule has 2 aromatic rings. The second-order valence-corrected chi connectivity index (χ2v) is 11.9. The fourth-order valence-electron chi connectivity index (χ4n) is 5.49. The highest BCUT2D eigenvalue weighted by Gasteiger charge is 2.31. The fraction of sp³-hybridized carbons (Fsp3) is 0.444. The number of carboxylic acid groups (broad SMARTS) is 1. The van der Waals surface area contributed by atoms with Crippen LogP contribution in [0.15, 0.2) is 48.5 Å². The summed E-state index contributed by atoms with van der Waals surface area (Å²) in [4.78, 5) is 79.7. The number of Topliss-reactive ketones (excluding diaryl/α,β-unsaturated/α-hetero) is 2. The minimum Gasteiger partial charge on any atom is -0.481 e. The van der Waals surface area contributed by atoms with E-state index in [0.717, 1.165) is 22.3 Å². The van der Waals surface area contributed by atoms with E-state index in [0.29, 0.717) is 12.4 Å². The molecular weight excluding hydrogens is 706 g/mol. The summed E-state index contributed by atoms with van der Waals surface area (Å²) in [6, 6.07) is 12.8. The summed E-state index contributed by atoms with van der Waals surface area (Å²) in [5.74, 6) is -4.02. The van der Waals surface area contributed by atoms with E-state index in [9.17, 15) is 28.8 Å². The van der Waals surface area contributed by atoms with Gasteiger partial charge in [0.15, 0.2) is 0 Å². The van der Waals surface area contributed by atoms with Crippen LogP contribution in [-0.4, -0.2) is 127 Å². The largest absolute Gasteiger partial charge is 0.481 e. The van der Waals surface area contributed by atoms with Crippen molar-refractivity contribution in [3.05, 3.63) is 70.7 Å². The van der Waals surface area contributed by atoms with Crippen LogP contribution in [0.2, 0.25) is 0 Å². The van der Waals surface area contributed by atoms with Gasteiger partial charge in [-0.15, -0.1) is 0 Å². The van der Waals surface area contributed by atoms with Crippen molar-refractivity contribution in [1.82, 2.24) is 16.0 Å². The molecule has 288 valence electrons. The summed E-state index contributed by atoms with van der Waals surface area (Å²) in [5, 5.41) is 16.2. The third-order valence-corrected chi connectivity index (χ3v) is 8.10. The van der Waals surface area contributed by atoms with Crippen molar-refractivity contribution >= 4 is 47.9 Å². The molecule has 0 saturated carbocycles. The number of hydrogen-bond acceptors (Lipinski definition) is 10. The predicted octanol–water partition coefficient (Wildman–Crippen LogP) is 1.32. The number of nitrogens with one attached hydrogen (secondary N) is 3. The van der Waals surface area contributed by atoms with Gasteiger partial charge in [-0.3, -0.25) is 24.0 Å². The zero-order valence-electron chi connectivity index (χ0n) is 29.5. The van der Waals surface area contributed by atoms with E-state index in [-0.39, 0.29) is 90.8 Å². The van der Waals surface area contributed by atoms with Crippen LogP contribution >= 0.6 is 0 Å². The van der Waals surface area contributed by atoms with Gasteiger partial charge < -0.3 is 51.1 Å². The highest BCUT2D eigenvalue weighted by Crippen LogP contribution is 2.44. The monoisotopic (exact) mass is 749 g/mol. The average molecular weight is 750 g/mol. The number of ketones is 2. The minimum atomic E-state index is -1.38. The van der Waals surface area contributed by atoms with Crippen molar-refractivity contribution in [2.45, 2.75) is 50.1 Å². The number of benzene rings is 2. The molecule has 0 saturated heterocycles. The Balaban J connectivity index is 1.57. The summed E-state index contributed by atoms with van der Waals surface area (Å²) in [6.45, 7) is 0.972. The fourth-order valence-corrected chi connectivity index (χ4v) is 5.49. The smallest absolute Gasteiger partial charge is 0.407 e. The van der Waals surface area contributed by atoms with Crippen molar-refractivity contribution < 1.29 is 62.4 Å². The first-order valence-corrected chi connectivity index (χ1v) is 17.2. The van der Waals surface area contributed by atoms with Crippen molar-refractivity contribution in [3.63, 3.8) is 0 Å². The van der Waals surface area contributed by atoms with E-state index in [4.69, 9.17) is 35.1 Å². The van der Waals surface area contributed by atoms with Crippen LogP contribution < -0.4 is 16.0 Å². The van der Waals surface area contributed by atoms with Crippen LogP contribution in [0.1, 0.15) is 49.1 Å². The SMILES string of the molecule is [N-]=[N+]=CC(=O)CC[C@H](NC(=O)OCC1c2ccccc2-c2ccccc21)C(=O)N[C@@H](CCC(=O)C=[N+]=[N-])C(=O)NCCOCCOCCOCCC(=O)O. The first kappa shape index (κ1) is 42.5. The molecular formula is C36H43N7O11. The lowest BCUT2D eigenvalue weighted by Crippen LogP contribution is -2.54. The lowest BCUT2D eigenvalue weighted by molar-refractivity contribution is -0.138. The normalized spacial score (nSPS) is 12.4. The Labute approximate surface area is 310 Å². The number of fused-ring (bicyclic) bond motifs is 3. The van der Waals surface area contributed by atoms with Crippen molar-refractivity contribution in [2.75, 3.05) is 52.8 Å². The number of ether oxygens (including phenoxy) is 4. The first-order chi connectivity index (χ1) is 26.1. The van der Waals surface area contributed by atoms with Gasteiger partial charge in [0.05, 0.1) is 46.1 Å². The molecule has 0 unspecified atom stereocenters. The standard InChI is InChI=1S/C36H43N7O11/c37-40-21-24(44)9-11-31(34(48)39-14-16-52-18-20-53-19-17-51-15-13-33(46)47)42-35(49)32(12-10-25(45)22-41-38)43-36(50)54-23-30-28-7-3-1-5-26(28)27-6-2-4-8-29(27)30/h1-8,21-22,30-32H,9-20,23H2,(H,39,48)(H,42,49)(H,43,50)(H,46,47)/t31-,32-/m0/s1. The van der Waals surface area contributed by atoms with Crippen LogP contribution in [0.4, 0.5) is 4.79 Å². The highest BCUT2D eigenvalue weighted by atomic mass is 16.6. The average Bonchev–Trinajstić information content (AvgIpc) is 3.47. The molecule has 0 bridgehead atoms. The zero-order chi connectivity index (χ0) is 39.1. The summed E-state index contributed by atoms with van der Waals surface area (Å²) < 4.78 is 21.4. The molecule has 0 fully saturated rings. The summed E-state index contributed by atoms with van der Waals surface area (Å²) in [5.41, 5.74) is 21.4. The second kappa shape index (κ2) is 23.6. The Bertz CT molecular complexity index is 1680. The van der Waals surface area contributed by atoms with Crippen LogP contribution in [0, 0.1) is 0 Å². The molecule has 18 nitrogen and oxygen atoms in total. The van der Waals surface area contributed by atoms with Gasteiger partial charge in [-0.25, -0.2) is 4.79 Å². The Hall–Kier alpha value is -5.90. The van der Waals surface area contributed by atoms with E-state index in [1.54, 1.807) is 0 Å². The third kappa shape index (κ3) is 14.6. The number of nitrogens with zero attached hydrogens (tertiary/aromatic N) is 4. The molecule has 0 heterocycles. The molecule has 0 spiro atoms. The van der Waals surface area contributed by atoms with Crippen molar-refractivity contribution in [3.8, 4) is 11.1 Å². The molecule has 3 amide bonds. The predicted molar refractivity (Wildman–Crippen MR) is 189 cm³/mol. The maximum atomic E-state index is 13.5. The molecule has 1 aliphatic rings. The molecule has 3 rings (SSSR count). The first-order valence-electron chi connectivity index (χ1n) is 17.2. The molecule has 0 radical (unpaired) electrons. The molecule has 2 atom stereocenters. The van der Waals surface area contributed by atoms with Gasteiger partial charge in [-0.2, -0.15) is 9.58 Å². The topological polar surface area (TPSA) is 268 Å². The van der Waals surface area contributed by atoms with E-state index >= 15 is 0 Å². The summed E-state index contributed by atoms with van der Waals surface area (Å²) in [7, 11) is 0. The second-order valence-electron chi connectivity index (χ2n) is 11.9. The summed E-state index contributed by atoms with van der Waals surface area (Å²) in [6.07, 6.45) is -0.810. The number of alkyl carbamates (subject to hydrolysis) is 1. The number of carboxylic acids is 1. The highest BCUT2D eigenvalue weighted by molar-refractivity contribution is 6.25. The van der Waals surface area contributed by atoms with E-state index < -0.39 is 47.5 Å². The molecule has 0 aromatic heterocycles. The van der Waals surface area contributed by atoms with Crippen molar-refractivity contribution in [1.29, 1.82) is 0 Å². The van der Waals surface area contributed by atoms with Gasteiger partial charge in [0.25, 0.3) is 0 Å². The Morgan fingerprint density at radius 1 is 0.685 bits per heavy atom. The lowest BCUT2D eigenvalue weighted by atomic mass is 9.98. The molecule has 54 heavy (non-hydrogen) atoms. The summed E-state index contributed by atoms with van der Waals surface area (Å²) >= 11 is 0. The van der Waals surface area contributed by atoms with Crippen LogP contribution in [-0.2, 0) is 42.9 Å². The number of amides is 3. The van der Waals surface area contributed by atoms with Crippen LogP contribution in [0.3, 0.4) is 0 Å². The van der Waals surface area contributed by atoms with Crippen molar-refractivity contribution in [2.24, 2.45) is 0 Å². The van der Waals surface area contributed by atoms with E-state index in [2.05, 4.69) is 25.5 Å². The minimum absolute atomic E-state index is 0.0198. The Kier molecular flexibility index (Phi) is 18.6. The molecule has 18 heteroatoms. The van der Waals surface area contributed by atoms with Gasteiger partial charge in [-0.1, -0.05) is 48.5 Å². The molecule has 0 aliphatic heterocycles. The third-order valence-electron chi connectivity index (χ3n) is 8.10. The number of carbonyl (C=O) groups excluding carboxylic acids is 5. The maximum Gasteiger partial charge on any atom is 0.407 e. The number of hydrogen-bond donors (Lipinski definition) is 4. The quantitative estimate of drug-likeness (QED) is 0.0461. The van der Waals surface area contributed by atoms with Crippen LogP contribution in [0.5, 0.6) is 0 Å². The molecule has 1 aliphatic carbocycles. The number of rotatable bonds is 26. The molecule has 4 N–H and O–H groups in total. The zero-order valence-corrected chi connectivity index (χ0v) is 29.5. The number of carbonyl (C=O) groups is 6. The van der Waals surface area contributed by atoms with E-state index in [1.165, 1.54) is 0 Å². The van der Waals surface area contributed by atoms with Gasteiger partial charge >= 0.3 is 24.5 Å². The van der Waals surface area contributed by atoms with Gasteiger partial charge in [0.1, 0.15) is 18.7 Å². The maximum absolute atomic E-state index is 13.5. The van der Waals surface area contributed by atoms with Gasteiger partial charge in [0, 0.05) is 25.3 Å².